The Kier molecular flexibility index (Phi) is 4.70. The van der Waals surface area contributed by atoms with Crippen molar-refractivity contribution in [1.82, 2.24) is 9.80 Å². The Bertz CT molecular complexity index is 704. The van der Waals surface area contributed by atoms with Crippen LogP contribution in [0, 0.1) is 5.92 Å². The average Bonchev–Trinajstić information content (AvgIpc) is 2.94. The molecular formula is C21H25N3O. The summed E-state index contributed by atoms with van der Waals surface area (Å²) in [5.74, 6) is 0.573. The number of para-hydroxylation sites is 1. The Morgan fingerprint density at radius 1 is 0.920 bits per heavy atom. The summed E-state index contributed by atoms with van der Waals surface area (Å²) in [6.07, 6.45) is 2.34. The molecule has 4 heteroatoms. The molecule has 0 radical (unpaired) electrons. The van der Waals surface area contributed by atoms with Gasteiger partial charge in [0.2, 0.25) is 0 Å². The number of piperidine rings is 1. The van der Waals surface area contributed by atoms with Crippen molar-refractivity contribution in [3.05, 3.63) is 66.2 Å². The molecule has 0 saturated carbocycles. The van der Waals surface area contributed by atoms with E-state index in [1.165, 1.54) is 12.0 Å². The molecule has 3 aliphatic rings. The third-order valence-corrected chi connectivity index (χ3v) is 5.32. The summed E-state index contributed by atoms with van der Waals surface area (Å²) in [4.78, 5) is 17.4. The molecule has 2 aromatic carbocycles. The van der Waals surface area contributed by atoms with E-state index in [0.29, 0.717) is 12.0 Å². The fraction of sp³-hybridized carbons (Fsp3) is 0.381. The summed E-state index contributed by atoms with van der Waals surface area (Å²) in [5, 5.41) is 3.06. The van der Waals surface area contributed by atoms with E-state index in [-0.39, 0.29) is 6.03 Å². The van der Waals surface area contributed by atoms with Gasteiger partial charge in [-0.3, -0.25) is 4.90 Å². The van der Waals surface area contributed by atoms with E-state index in [4.69, 9.17) is 0 Å². The number of amides is 2. The number of fused-ring (bicyclic) bond motifs is 4. The summed E-state index contributed by atoms with van der Waals surface area (Å²) in [5.41, 5.74) is 2.22. The Morgan fingerprint density at radius 2 is 1.64 bits per heavy atom. The topological polar surface area (TPSA) is 35.6 Å². The first-order chi connectivity index (χ1) is 12.3. The van der Waals surface area contributed by atoms with Gasteiger partial charge in [-0.1, -0.05) is 48.5 Å². The van der Waals surface area contributed by atoms with Gasteiger partial charge in [-0.05, 0) is 36.5 Å². The van der Waals surface area contributed by atoms with E-state index in [9.17, 15) is 4.79 Å². The van der Waals surface area contributed by atoms with Crippen molar-refractivity contribution in [2.75, 3.05) is 25.0 Å². The van der Waals surface area contributed by atoms with Gasteiger partial charge < -0.3 is 10.2 Å². The van der Waals surface area contributed by atoms with Gasteiger partial charge in [0.15, 0.2) is 0 Å². The molecule has 0 aromatic heterocycles. The smallest absolute Gasteiger partial charge is 0.320 e. The molecule has 0 spiro atoms. The van der Waals surface area contributed by atoms with Gasteiger partial charge in [-0.2, -0.15) is 0 Å². The van der Waals surface area contributed by atoms with Crippen molar-refractivity contribution in [2.24, 2.45) is 5.92 Å². The molecule has 1 N–H and O–H groups in total. The van der Waals surface area contributed by atoms with Crippen molar-refractivity contribution in [1.29, 1.82) is 0 Å². The number of urea groups is 1. The summed E-state index contributed by atoms with van der Waals surface area (Å²) < 4.78 is 0. The molecular weight excluding hydrogens is 310 g/mol. The van der Waals surface area contributed by atoms with Crippen molar-refractivity contribution < 1.29 is 4.79 Å². The Labute approximate surface area is 149 Å². The van der Waals surface area contributed by atoms with E-state index in [1.54, 1.807) is 0 Å². The zero-order valence-corrected chi connectivity index (χ0v) is 14.5. The quantitative estimate of drug-likeness (QED) is 0.926. The number of nitrogens with one attached hydrogen (secondary N) is 1. The van der Waals surface area contributed by atoms with Crippen LogP contribution in [0.2, 0.25) is 0 Å². The third-order valence-electron chi connectivity index (χ3n) is 5.32. The van der Waals surface area contributed by atoms with E-state index in [2.05, 4.69) is 45.4 Å². The first kappa shape index (κ1) is 16.2. The Balaban J connectivity index is 1.43. The largest absolute Gasteiger partial charge is 0.322 e. The molecule has 25 heavy (non-hydrogen) atoms. The lowest BCUT2D eigenvalue weighted by atomic mass is 9.95. The van der Waals surface area contributed by atoms with Crippen LogP contribution in [0.4, 0.5) is 10.5 Å². The molecule has 5 rings (SSSR count). The fourth-order valence-electron chi connectivity index (χ4n) is 4.12. The highest BCUT2D eigenvalue weighted by atomic mass is 16.2. The number of carbonyl (C=O) groups is 1. The second kappa shape index (κ2) is 7.28. The Morgan fingerprint density at radius 3 is 2.40 bits per heavy atom. The van der Waals surface area contributed by atoms with Crippen LogP contribution < -0.4 is 5.32 Å². The van der Waals surface area contributed by atoms with E-state index >= 15 is 0 Å². The van der Waals surface area contributed by atoms with Crippen LogP contribution in [0.1, 0.15) is 18.4 Å². The van der Waals surface area contributed by atoms with Gasteiger partial charge in [0, 0.05) is 37.9 Å². The van der Waals surface area contributed by atoms with E-state index < -0.39 is 0 Å². The Hall–Kier alpha value is -2.33. The van der Waals surface area contributed by atoms with Crippen molar-refractivity contribution in [2.45, 2.75) is 25.4 Å². The maximum absolute atomic E-state index is 12.8. The van der Waals surface area contributed by atoms with Gasteiger partial charge >= 0.3 is 6.03 Å². The van der Waals surface area contributed by atoms with Gasteiger partial charge in [0.05, 0.1) is 0 Å². The third kappa shape index (κ3) is 3.85. The number of hydrogen-bond acceptors (Lipinski definition) is 2. The zero-order chi connectivity index (χ0) is 17.1. The zero-order valence-electron chi connectivity index (χ0n) is 14.5. The van der Waals surface area contributed by atoms with Crippen molar-refractivity contribution in [3.8, 4) is 0 Å². The van der Waals surface area contributed by atoms with Crippen LogP contribution >= 0.6 is 0 Å². The minimum Gasteiger partial charge on any atom is -0.320 e. The van der Waals surface area contributed by atoms with Gasteiger partial charge in [0.1, 0.15) is 0 Å². The molecule has 3 saturated heterocycles. The summed E-state index contributed by atoms with van der Waals surface area (Å²) in [7, 11) is 0. The van der Waals surface area contributed by atoms with Gasteiger partial charge in [-0.25, -0.2) is 4.79 Å². The molecule has 4 nitrogen and oxygen atoms in total. The van der Waals surface area contributed by atoms with Gasteiger partial charge in [0.25, 0.3) is 0 Å². The van der Waals surface area contributed by atoms with Crippen LogP contribution in [0.3, 0.4) is 0 Å². The predicted octanol–water partition coefficient (Wildman–Crippen LogP) is 3.81. The molecule has 2 aromatic rings. The number of nitrogens with zero attached hydrogens (tertiary/aromatic N) is 2. The van der Waals surface area contributed by atoms with Crippen molar-refractivity contribution >= 4 is 11.7 Å². The second-order valence-corrected chi connectivity index (χ2v) is 7.23. The first-order valence-electron chi connectivity index (χ1n) is 9.17. The minimum atomic E-state index is 0.0439. The molecule has 2 bridgehead atoms. The van der Waals surface area contributed by atoms with Crippen LogP contribution in [-0.4, -0.2) is 41.5 Å². The summed E-state index contributed by atoms with van der Waals surface area (Å²) >= 11 is 0. The first-order valence-corrected chi connectivity index (χ1v) is 9.17. The number of carbonyl (C=O) groups excluding carboxylic acids is 1. The van der Waals surface area contributed by atoms with E-state index in [0.717, 1.165) is 38.3 Å². The predicted molar refractivity (Wildman–Crippen MR) is 100 cm³/mol. The monoisotopic (exact) mass is 335 g/mol. The highest BCUT2D eigenvalue weighted by Crippen LogP contribution is 2.29. The number of rotatable bonds is 3. The molecule has 130 valence electrons. The second-order valence-electron chi connectivity index (χ2n) is 7.23. The molecule has 0 aliphatic carbocycles. The van der Waals surface area contributed by atoms with Crippen molar-refractivity contribution in [3.63, 3.8) is 0 Å². The number of hydrogen-bond donors (Lipinski definition) is 1. The molecule has 3 fully saturated rings. The lowest BCUT2D eigenvalue weighted by molar-refractivity contribution is 0.151. The molecule has 2 amide bonds. The van der Waals surface area contributed by atoms with Gasteiger partial charge in [-0.15, -0.1) is 0 Å². The number of benzene rings is 2. The number of anilines is 1. The molecule has 0 unspecified atom stereocenters. The minimum absolute atomic E-state index is 0.0439. The highest BCUT2D eigenvalue weighted by Gasteiger charge is 2.37. The molecule has 3 aliphatic heterocycles. The normalized spacial score (nSPS) is 23.3. The fourth-order valence-corrected chi connectivity index (χ4v) is 4.12. The van der Waals surface area contributed by atoms with E-state index in [1.807, 2.05) is 30.3 Å². The van der Waals surface area contributed by atoms with Crippen LogP contribution in [0.25, 0.3) is 0 Å². The summed E-state index contributed by atoms with van der Waals surface area (Å²) in [6, 6.07) is 20.7. The lowest BCUT2D eigenvalue weighted by Crippen LogP contribution is -2.49. The maximum atomic E-state index is 12.8. The highest BCUT2D eigenvalue weighted by molar-refractivity contribution is 5.89. The lowest BCUT2D eigenvalue weighted by Gasteiger charge is -2.36. The van der Waals surface area contributed by atoms with Crippen LogP contribution in [0.15, 0.2) is 60.7 Å². The average molecular weight is 335 g/mol. The maximum Gasteiger partial charge on any atom is 0.322 e. The van der Waals surface area contributed by atoms with Crippen LogP contribution in [0.5, 0.6) is 0 Å². The molecule has 3 heterocycles. The molecule has 2 atom stereocenters. The van der Waals surface area contributed by atoms with Crippen LogP contribution in [-0.2, 0) is 6.54 Å². The summed E-state index contributed by atoms with van der Waals surface area (Å²) in [6.45, 7) is 3.89. The standard InChI is InChI=1S/C21H25N3O/c25-21(22-19-9-5-2-6-10-19)24-15-18-11-12-20(24)16-23(14-18)13-17-7-3-1-4-8-17/h1-10,18,20H,11-16H2,(H,22,25)/t18-,20+/m1/s1. The SMILES string of the molecule is O=C(Nc1ccccc1)N1C[C@@H]2CC[C@H]1CN(Cc1ccccc1)C2.